The third-order valence-corrected chi connectivity index (χ3v) is 3.31. The fourth-order valence-corrected chi connectivity index (χ4v) is 2.10. The molecule has 0 heterocycles. The molecule has 0 saturated carbocycles. The van der Waals surface area contributed by atoms with Crippen LogP contribution in [0.15, 0.2) is 73.3 Å². The topological polar surface area (TPSA) is 59.6 Å². The number of para-hydroxylation sites is 2. The molecule has 0 aliphatic rings. The van der Waals surface area contributed by atoms with Crippen LogP contribution < -0.4 is 20.1 Å². The lowest BCUT2D eigenvalue weighted by Gasteiger charge is -2.13. The average Bonchev–Trinajstić information content (AvgIpc) is 2.64. The van der Waals surface area contributed by atoms with E-state index >= 15 is 0 Å². The molecule has 1 amide bonds. The maximum absolute atomic E-state index is 12.2. The Morgan fingerprint density at radius 1 is 1.12 bits per heavy atom. The van der Waals surface area contributed by atoms with Crippen LogP contribution in [0.2, 0.25) is 0 Å². The minimum atomic E-state index is -0.164. The number of benzene rings is 2. The van der Waals surface area contributed by atoms with Crippen molar-refractivity contribution in [3.8, 4) is 11.5 Å². The van der Waals surface area contributed by atoms with Gasteiger partial charge in [0.1, 0.15) is 24.7 Å². The lowest BCUT2D eigenvalue weighted by atomic mass is 10.2. The van der Waals surface area contributed by atoms with Crippen molar-refractivity contribution in [3.05, 3.63) is 73.3 Å². The summed E-state index contributed by atoms with van der Waals surface area (Å²) >= 11 is 0. The number of nitrogens with one attached hydrogen (secondary N) is 2. The number of anilines is 2. The second kappa shape index (κ2) is 9.93. The quantitative estimate of drug-likeness (QED) is 0.627. The molecule has 0 aliphatic carbocycles. The minimum absolute atomic E-state index is 0.141. The van der Waals surface area contributed by atoms with E-state index in [0.29, 0.717) is 24.7 Å². The lowest BCUT2D eigenvalue weighted by Crippen LogP contribution is -2.22. The van der Waals surface area contributed by atoms with Crippen LogP contribution >= 0.6 is 0 Å². The lowest BCUT2D eigenvalue weighted by molar-refractivity contribution is -0.114. The zero-order valence-electron chi connectivity index (χ0n) is 15.0. The molecule has 2 aromatic rings. The molecule has 0 bridgehead atoms. The van der Waals surface area contributed by atoms with Crippen molar-refractivity contribution in [1.82, 2.24) is 0 Å². The van der Waals surface area contributed by atoms with Crippen LogP contribution in [0.3, 0.4) is 0 Å². The molecule has 0 aromatic heterocycles. The van der Waals surface area contributed by atoms with Crippen molar-refractivity contribution in [2.45, 2.75) is 6.92 Å². The molecule has 0 saturated heterocycles. The standard InChI is InChI=1S/C21H24N2O3/c1-4-13-25-18-11-9-17(10-12-18)22-14-21(24)23-19-7-5-6-8-20(19)26-15-16(2)3/h4-12,22H,1-2,13-15H2,3H3,(H,23,24). The van der Waals surface area contributed by atoms with Crippen molar-refractivity contribution in [3.63, 3.8) is 0 Å². The molecule has 0 aliphatic heterocycles. The molecule has 5 heteroatoms. The number of hydrogen-bond donors (Lipinski definition) is 2. The number of carbonyl (C=O) groups excluding carboxylic acids is 1. The SMILES string of the molecule is C=CCOc1ccc(NCC(=O)Nc2ccccc2OCC(=C)C)cc1. The molecule has 26 heavy (non-hydrogen) atoms. The first-order valence-corrected chi connectivity index (χ1v) is 8.32. The van der Waals surface area contributed by atoms with E-state index in [1.165, 1.54) is 0 Å². The Morgan fingerprint density at radius 3 is 2.54 bits per heavy atom. The van der Waals surface area contributed by atoms with Crippen LogP contribution in [0.25, 0.3) is 0 Å². The molecule has 2 aromatic carbocycles. The fraction of sp³-hybridized carbons (Fsp3) is 0.190. The number of amides is 1. The smallest absolute Gasteiger partial charge is 0.243 e. The monoisotopic (exact) mass is 352 g/mol. The number of hydrogen-bond acceptors (Lipinski definition) is 4. The maximum atomic E-state index is 12.2. The van der Waals surface area contributed by atoms with Gasteiger partial charge in [-0.05, 0) is 48.9 Å². The normalized spacial score (nSPS) is 9.88. The Kier molecular flexibility index (Phi) is 7.31. The average molecular weight is 352 g/mol. The van der Waals surface area contributed by atoms with E-state index in [-0.39, 0.29) is 12.5 Å². The van der Waals surface area contributed by atoms with Crippen LogP contribution in [0.1, 0.15) is 6.92 Å². The van der Waals surface area contributed by atoms with E-state index in [4.69, 9.17) is 9.47 Å². The van der Waals surface area contributed by atoms with E-state index < -0.39 is 0 Å². The maximum Gasteiger partial charge on any atom is 0.243 e. The molecule has 0 radical (unpaired) electrons. The summed E-state index contributed by atoms with van der Waals surface area (Å²) in [7, 11) is 0. The highest BCUT2D eigenvalue weighted by atomic mass is 16.5. The summed E-state index contributed by atoms with van der Waals surface area (Å²) in [5.74, 6) is 1.21. The Hall–Kier alpha value is -3.21. The molecule has 0 spiro atoms. The van der Waals surface area contributed by atoms with Gasteiger partial charge in [0.15, 0.2) is 0 Å². The van der Waals surface area contributed by atoms with Gasteiger partial charge in [-0.1, -0.05) is 31.4 Å². The van der Waals surface area contributed by atoms with Crippen molar-refractivity contribution in [2.75, 3.05) is 30.4 Å². The Labute approximate surface area is 154 Å². The first-order valence-electron chi connectivity index (χ1n) is 8.32. The van der Waals surface area contributed by atoms with Gasteiger partial charge in [0.05, 0.1) is 12.2 Å². The van der Waals surface area contributed by atoms with E-state index in [1.54, 1.807) is 12.1 Å². The van der Waals surface area contributed by atoms with E-state index in [2.05, 4.69) is 23.8 Å². The second-order valence-electron chi connectivity index (χ2n) is 5.77. The first-order chi connectivity index (χ1) is 12.6. The third kappa shape index (κ3) is 6.36. The summed E-state index contributed by atoms with van der Waals surface area (Å²) in [5, 5.41) is 5.93. The van der Waals surface area contributed by atoms with Crippen LogP contribution in [0.5, 0.6) is 11.5 Å². The van der Waals surface area contributed by atoms with E-state index in [0.717, 1.165) is 17.0 Å². The summed E-state index contributed by atoms with van der Waals surface area (Å²) in [6, 6.07) is 14.7. The number of rotatable bonds is 10. The summed E-state index contributed by atoms with van der Waals surface area (Å²) in [5.41, 5.74) is 2.37. The molecule has 0 fully saturated rings. The van der Waals surface area contributed by atoms with Gasteiger partial charge in [-0.15, -0.1) is 0 Å². The van der Waals surface area contributed by atoms with Gasteiger partial charge in [-0.25, -0.2) is 0 Å². The van der Waals surface area contributed by atoms with Gasteiger partial charge >= 0.3 is 0 Å². The highest BCUT2D eigenvalue weighted by Gasteiger charge is 2.07. The molecule has 136 valence electrons. The summed E-state index contributed by atoms with van der Waals surface area (Å²) in [6.07, 6.45) is 1.69. The van der Waals surface area contributed by atoms with Crippen LogP contribution in [0, 0.1) is 0 Å². The number of carbonyl (C=O) groups is 1. The first kappa shape index (κ1) is 19.1. The predicted molar refractivity (Wildman–Crippen MR) is 106 cm³/mol. The van der Waals surface area contributed by atoms with E-state index in [1.807, 2.05) is 49.4 Å². The van der Waals surface area contributed by atoms with Gasteiger partial charge in [0.2, 0.25) is 5.91 Å². The van der Waals surface area contributed by atoms with Crippen molar-refractivity contribution < 1.29 is 14.3 Å². The molecular weight excluding hydrogens is 328 g/mol. The zero-order chi connectivity index (χ0) is 18.8. The highest BCUT2D eigenvalue weighted by molar-refractivity contribution is 5.95. The largest absolute Gasteiger partial charge is 0.490 e. The predicted octanol–water partition coefficient (Wildman–Crippen LogP) is 4.26. The summed E-state index contributed by atoms with van der Waals surface area (Å²) in [6.45, 7) is 10.3. The van der Waals surface area contributed by atoms with Crippen molar-refractivity contribution in [1.29, 1.82) is 0 Å². The molecule has 0 atom stereocenters. The van der Waals surface area contributed by atoms with Gasteiger partial charge in [-0.2, -0.15) is 0 Å². The Bertz CT molecular complexity index is 754. The van der Waals surface area contributed by atoms with Gasteiger partial charge in [-0.3, -0.25) is 4.79 Å². The van der Waals surface area contributed by atoms with Crippen molar-refractivity contribution in [2.24, 2.45) is 0 Å². The van der Waals surface area contributed by atoms with Gasteiger partial charge in [0.25, 0.3) is 0 Å². The highest BCUT2D eigenvalue weighted by Crippen LogP contribution is 2.24. The second-order valence-corrected chi connectivity index (χ2v) is 5.77. The third-order valence-electron chi connectivity index (χ3n) is 3.31. The molecule has 5 nitrogen and oxygen atoms in total. The fourth-order valence-electron chi connectivity index (χ4n) is 2.10. The van der Waals surface area contributed by atoms with E-state index in [9.17, 15) is 4.79 Å². The van der Waals surface area contributed by atoms with Gasteiger partial charge in [0, 0.05) is 5.69 Å². The van der Waals surface area contributed by atoms with Gasteiger partial charge < -0.3 is 20.1 Å². The molecule has 2 rings (SSSR count). The summed E-state index contributed by atoms with van der Waals surface area (Å²) < 4.78 is 11.1. The van der Waals surface area contributed by atoms with Crippen LogP contribution in [-0.4, -0.2) is 25.7 Å². The Morgan fingerprint density at radius 2 is 1.85 bits per heavy atom. The molecular formula is C21H24N2O3. The molecule has 0 unspecified atom stereocenters. The molecule has 2 N–H and O–H groups in total. The van der Waals surface area contributed by atoms with Crippen molar-refractivity contribution >= 4 is 17.3 Å². The van der Waals surface area contributed by atoms with Crippen LogP contribution in [-0.2, 0) is 4.79 Å². The zero-order valence-corrected chi connectivity index (χ0v) is 15.0. The Balaban J connectivity index is 1.87. The van der Waals surface area contributed by atoms with Crippen LogP contribution in [0.4, 0.5) is 11.4 Å². The summed E-state index contributed by atoms with van der Waals surface area (Å²) in [4.78, 5) is 12.2. The number of ether oxygens (including phenoxy) is 2. The minimum Gasteiger partial charge on any atom is -0.490 e.